The maximum atomic E-state index is 12.6. The van der Waals surface area contributed by atoms with Gasteiger partial charge in [-0.1, -0.05) is 42.0 Å². The Morgan fingerprint density at radius 1 is 1.06 bits per heavy atom. The van der Waals surface area contributed by atoms with Crippen LogP contribution in [0.2, 0.25) is 0 Å². The van der Waals surface area contributed by atoms with Gasteiger partial charge in [0.1, 0.15) is 0 Å². The van der Waals surface area contributed by atoms with Crippen LogP contribution in [0, 0.1) is 6.92 Å². The average Bonchev–Trinajstić information content (AvgIpc) is 2.72. The third-order valence-corrected chi connectivity index (χ3v) is 5.72. The number of benzene rings is 2. The zero-order valence-electron chi connectivity index (χ0n) is 18.1. The first-order valence-corrected chi connectivity index (χ1v) is 11.7. The number of nitrogens with one attached hydrogen (secondary N) is 2. The molecule has 0 atom stereocenters. The number of carbonyl (C=O) groups excluding carboxylic acids is 2. The second kappa shape index (κ2) is 11.6. The zero-order chi connectivity index (χ0) is 22.9. The predicted molar refractivity (Wildman–Crippen MR) is 120 cm³/mol. The normalized spacial score (nSPS) is 11.4. The highest BCUT2D eigenvalue weighted by atomic mass is 32.2. The molecular weight excluding hydrogens is 418 g/mol. The van der Waals surface area contributed by atoms with Crippen molar-refractivity contribution in [1.82, 2.24) is 9.62 Å². The highest BCUT2D eigenvalue weighted by Crippen LogP contribution is 2.16. The average molecular weight is 448 g/mol. The second-order valence-electron chi connectivity index (χ2n) is 7.21. The Hall–Kier alpha value is -2.75. The molecule has 0 unspecified atom stereocenters. The lowest BCUT2D eigenvalue weighted by atomic mass is 10.1. The molecule has 0 heterocycles. The van der Waals surface area contributed by atoms with Gasteiger partial charge in [0.25, 0.3) is 5.91 Å². The van der Waals surface area contributed by atoms with E-state index in [0.717, 1.165) is 21.7 Å². The lowest BCUT2D eigenvalue weighted by Gasteiger charge is -2.20. The highest BCUT2D eigenvalue weighted by molar-refractivity contribution is 7.88. The summed E-state index contributed by atoms with van der Waals surface area (Å²) in [5.41, 5.74) is 2.46. The van der Waals surface area contributed by atoms with Crippen LogP contribution in [0.4, 0.5) is 5.69 Å². The van der Waals surface area contributed by atoms with Crippen LogP contribution in [0.25, 0.3) is 0 Å². The van der Waals surface area contributed by atoms with Gasteiger partial charge in [-0.15, -0.1) is 0 Å². The Kier molecular flexibility index (Phi) is 9.17. The molecule has 0 aliphatic rings. The number of aryl methyl sites for hydroxylation is 1. The van der Waals surface area contributed by atoms with E-state index in [1.165, 1.54) is 0 Å². The molecule has 0 aliphatic heterocycles. The fourth-order valence-electron chi connectivity index (χ4n) is 2.84. The van der Waals surface area contributed by atoms with Crippen LogP contribution in [0.5, 0.6) is 0 Å². The van der Waals surface area contributed by atoms with E-state index in [-0.39, 0.29) is 19.0 Å². The van der Waals surface area contributed by atoms with Crippen molar-refractivity contribution in [1.29, 1.82) is 0 Å². The third kappa shape index (κ3) is 8.12. The fourth-order valence-corrected chi connectivity index (χ4v) is 3.58. The van der Waals surface area contributed by atoms with Gasteiger partial charge in [-0.3, -0.25) is 9.59 Å². The molecule has 2 rings (SSSR count). The molecule has 0 saturated heterocycles. The molecule has 0 saturated carbocycles. The number of hydrogen-bond acceptors (Lipinski definition) is 5. The number of methoxy groups -OCH3 is 1. The summed E-state index contributed by atoms with van der Waals surface area (Å²) in [6.45, 7) is 2.62. The van der Waals surface area contributed by atoms with Crippen LogP contribution in [0.15, 0.2) is 48.5 Å². The van der Waals surface area contributed by atoms with E-state index >= 15 is 0 Å². The summed E-state index contributed by atoms with van der Waals surface area (Å²) in [6, 6.07) is 14.0. The molecule has 2 aromatic carbocycles. The van der Waals surface area contributed by atoms with Gasteiger partial charge >= 0.3 is 0 Å². The highest BCUT2D eigenvalue weighted by Gasteiger charge is 2.21. The summed E-state index contributed by atoms with van der Waals surface area (Å²) in [4.78, 5) is 25.1. The minimum atomic E-state index is -3.62. The SMILES string of the molecule is COCCCNC(=O)c1ccccc1NC(=O)CN(Cc1ccc(C)cc1)S(C)(=O)=O. The molecule has 0 fully saturated rings. The molecule has 168 valence electrons. The fraction of sp³-hybridized carbons (Fsp3) is 0.364. The maximum absolute atomic E-state index is 12.6. The van der Waals surface area contributed by atoms with Gasteiger partial charge in [0, 0.05) is 26.8 Å². The number of rotatable bonds is 11. The first-order valence-electron chi connectivity index (χ1n) is 9.87. The molecule has 2 N–H and O–H groups in total. The first kappa shape index (κ1) is 24.5. The maximum Gasteiger partial charge on any atom is 0.253 e. The molecular formula is C22H29N3O5S. The van der Waals surface area contributed by atoms with Crippen molar-refractivity contribution >= 4 is 27.5 Å². The van der Waals surface area contributed by atoms with Crippen molar-refractivity contribution < 1.29 is 22.7 Å². The number of para-hydroxylation sites is 1. The van der Waals surface area contributed by atoms with Crippen molar-refractivity contribution in [3.63, 3.8) is 0 Å². The molecule has 0 spiro atoms. The molecule has 2 amide bonds. The van der Waals surface area contributed by atoms with Crippen LogP contribution in [0.3, 0.4) is 0 Å². The van der Waals surface area contributed by atoms with E-state index in [9.17, 15) is 18.0 Å². The molecule has 8 nitrogen and oxygen atoms in total. The number of anilines is 1. The van der Waals surface area contributed by atoms with Crippen LogP contribution in [0.1, 0.15) is 27.9 Å². The van der Waals surface area contributed by atoms with Gasteiger partial charge in [0.05, 0.1) is 24.1 Å². The van der Waals surface area contributed by atoms with E-state index in [1.807, 2.05) is 31.2 Å². The van der Waals surface area contributed by atoms with Crippen LogP contribution < -0.4 is 10.6 Å². The molecule has 0 aromatic heterocycles. The van der Waals surface area contributed by atoms with E-state index < -0.39 is 15.9 Å². The monoisotopic (exact) mass is 447 g/mol. The van der Waals surface area contributed by atoms with Gasteiger partial charge in [0.15, 0.2) is 0 Å². The third-order valence-electron chi connectivity index (χ3n) is 4.53. The first-order chi connectivity index (χ1) is 14.7. The van der Waals surface area contributed by atoms with Crippen molar-refractivity contribution in [3.8, 4) is 0 Å². The Morgan fingerprint density at radius 2 is 1.74 bits per heavy atom. The topological polar surface area (TPSA) is 105 Å². The van der Waals surface area contributed by atoms with Crippen molar-refractivity contribution in [3.05, 3.63) is 65.2 Å². The Balaban J connectivity index is 2.07. The van der Waals surface area contributed by atoms with Crippen LogP contribution in [-0.4, -0.2) is 57.6 Å². The summed E-state index contributed by atoms with van der Waals surface area (Å²) in [5, 5.41) is 5.43. The van der Waals surface area contributed by atoms with E-state index in [4.69, 9.17) is 4.74 Å². The smallest absolute Gasteiger partial charge is 0.253 e. The quantitative estimate of drug-likeness (QED) is 0.514. The summed E-state index contributed by atoms with van der Waals surface area (Å²) in [7, 11) is -2.03. The number of carbonyl (C=O) groups is 2. The summed E-state index contributed by atoms with van der Waals surface area (Å²) < 4.78 is 30.5. The van der Waals surface area contributed by atoms with Crippen LogP contribution >= 0.6 is 0 Å². The van der Waals surface area contributed by atoms with Gasteiger partial charge in [-0.2, -0.15) is 4.31 Å². The Morgan fingerprint density at radius 3 is 2.39 bits per heavy atom. The minimum Gasteiger partial charge on any atom is -0.385 e. The van der Waals surface area contributed by atoms with Gasteiger partial charge in [-0.25, -0.2) is 8.42 Å². The summed E-state index contributed by atoms with van der Waals surface area (Å²) in [6.07, 6.45) is 1.73. The van der Waals surface area contributed by atoms with E-state index in [2.05, 4.69) is 10.6 Å². The number of sulfonamides is 1. The molecule has 0 aliphatic carbocycles. The number of amides is 2. The Labute approximate surface area is 183 Å². The molecule has 9 heteroatoms. The van der Waals surface area contributed by atoms with Crippen LogP contribution in [-0.2, 0) is 26.1 Å². The summed E-state index contributed by atoms with van der Waals surface area (Å²) in [5.74, 6) is -0.858. The van der Waals surface area contributed by atoms with Crippen molar-refractivity contribution in [2.24, 2.45) is 0 Å². The largest absolute Gasteiger partial charge is 0.385 e. The van der Waals surface area contributed by atoms with E-state index in [1.54, 1.807) is 31.4 Å². The summed E-state index contributed by atoms with van der Waals surface area (Å²) >= 11 is 0. The molecule has 0 bridgehead atoms. The standard InChI is InChI=1S/C22H29N3O5S/c1-17-9-11-18(12-10-17)15-25(31(3,28)29)16-21(26)24-20-8-5-4-7-19(20)22(27)23-13-6-14-30-2/h4-5,7-12H,6,13-16H2,1-3H3,(H,23,27)(H,24,26). The van der Waals surface area contributed by atoms with Crippen molar-refractivity contribution in [2.75, 3.05) is 38.4 Å². The van der Waals surface area contributed by atoms with Crippen molar-refractivity contribution in [2.45, 2.75) is 19.9 Å². The second-order valence-corrected chi connectivity index (χ2v) is 9.20. The molecule has 0 radical (unpaired) electrons. The predicted octanol–water partition coefficient (Wildman–Crippen LogP) is 2.16. The zero-order valence-corrected chi connectivity index (χ0v) is 18.9. The number of ether oxygens (including phenoxy) is 1. The Bertz CT molecular complexity index is 990. The molecule has 31 heavy (non-hydrogen) atoms. The number of hydrogen-bond donors (Lipinski definition) is 2. The lowest BCUT2D eigenvalue weighted by Crippen LogP contribution is -2.37. The lowest BCUT2D eigenvalue weighted by molar-refractivity contribution is -0.116. The minimum absolute atomic E-state index is 0.0775. The molecule has 2 aromatic rings. The van der Waals surface area contributed by atoms with Gasteiger partial charge < -0.3 is 15.4 Å². The van der Waals surface area contributed by atoms with Gasteiger partial charge in [-0.05, 0) is 31.0 Å². The van der Waals surface area contributed by atoms with E-state index in [0.29, 0.717) is 30.8 Å². The van der Waals surface area contributed by atoms with Gasteiger partial charge in [0.2, 0.25) is 15.9 Å². The number of nitrogens with zero attached hydrogens (tertiary/aromatic N) is 1.